The third-order valence-electron chi connectivity index (χ3n) is 3.83. The topological polar surface area (TPSA) is 59.8 Å². The monoisotopic (exact) mass is 385 g/mol. The Morgan fingerprint density at radius 2 is 1.81 bits per heavy atom. The zero-order valence-electron chi connectivity index (χ0n) is 13.7. The summed E-state index contributed by atoms with van der Waals surface area (Å²) in [5, 5.41) is 0. The maximum Gasteiger partial charge on any atom is 0.449 e. The summed E-state index contributed by atoms with van der Waals surface area (Å²) in [6.45, 7) is 2.24. The lowest BCUT2D eigenvalue weighted by molar-refractivity contribution is -0.154. The van der Waals surface area contributed by atoms with Gasteiger partial charge in [-0.2, -0.15) is 26.3 Å². The summed E-state index contributed by atoms with van der Waals surface area (Å²) >= 11 is 0. The normalized spacial score (nSPS) is 18.0. The lowest BCUT2D eigenvalue weighted by Gasteiger charge is -2.35. The average Bonchev–Trinajstić information content (AvgIpc) is 2.47. The molecule has 2 heterocycles. The molecule has 0 aliphatic carbocycles. The van der Waals surface area contributed by atoms with Gasteiger partial charge >= 0.3 is 23.9 Å². The van der Waals surface area contributed by atoms with Crippen molar-refractivity contribution < 1.29 is 40.3 Å². The summed E-state index contributed by atoms with van der Waals surface area (Å²) in [5.41, 5.74) is -4.97. The maximum atomic E-state index is 13.5. The highest BCUT2D eigenvalue weighted by atomic mass is 19.4. The first-order valence-corrected chi connectivity index (χ1v) is 7.28. The Hall–Kier alpha value is -2.46. The molecule has 0 N–H and O–H groups in total. The molecule has 0 amide bonds. The van der Waals surface area contributed by atoms with Crippen LogP contribution in [0.1, 0.15) is 31.1 Å². The van der Waals surface area contributed by atoms with Crippen molar-refractivity contribution in [2.45, 2.75) is 32.1 Å². The highest BCUT2D eigenvalue weighted by Crippen LogP contribution is 2.46. The number of carbonyl (C=O) groups is 1. The van der Waals surface area contributed by atoms with Gasteiger partial charge in [0.2, 0.25) is 5.76 Å². The fourth-order valence-electron chi connectivity index (χ4n) is 2.78. The fraction of sp³-hybridized carbons (Fsp3) is 0.467. The molecular weight excluding hydrogens is 372 g/mol. The molecule has 1 aromatic rings. The molecule has 26 heavy (non-hydrogen) atoms. The first kappa shape index (κ1) is 19.9. The van der Waals surface area contributed by atoms with Crippen molar-refractivity contribution in [2.24, 2.45) is 0 Å². The predicted molar refractivity (Wildman–Crippen MR) is 76.5 cm³/mol. The molecule has 144 valence electrons. The van der Waals surface area contributed by atoms with E-state index in [0.717, 1.165) is 14.0 Å². The number of hydrogen-bond donors (Lipinski definition) is 0. The van der Waals surface area contributed by atoms with Gasteiger partial charge in [0.1, 0.15) is 5.70 Å². The molecular formula is C15H13F6NO4. The van der Waals surface area contributed by atoms with Crippen LogP contribution in [0.25, 0.3) is 0 Å². The molecule has 11 heteroatoms. The Bertz CT molecular complexity index is 821. The molecule has 0 spiro atoms. The highest BCUT2D eigenvalue weighted by molar-refractivity contribution is 5.94. The molecule has 2 rings (SSSR count). The van der Waals surface area contributed by atoms with Crippen LogP contribution in [-0.4, -0.2) is 25.8 Å². The number of rotatable bonds is 2. The van der Waals surface area contributed by atoms with E-state index in [4.69, 9.17) is 0 Å². The van der Waals surface area contributed by atoms with E-state index in [2.05, 4.69) is 9.15 Å². The molecule has 0 radical (unpaired) electrons. The lowest BCUT2D eigenvalue weighted by atomic mass is 9.86. The van der Waals surface area contributed by atoms with Crippen molar-refractivity contribution in [3.8, 4) is 0 Å². The molecule has 0 aromatic carbocycles. The Morgan fingerprint density at radius 1 is 1.23 bits per heavy atom. The Morgan fingerprint density at radius 3 is 2.27 bits per heavy atom. The average molecular weight is 385 g/mol. The van der Waals surface area contributed by atoms with E-state index in [9.17, 15) is 35.9 Å². The minimum Gasteiger partial charge on any atom is -0.463 e. The third kappa shape index (κ3) is 3.29. The van der Waals surface area contributed by atoms with E-state index in [-0.39, 0.29) is 6.61 Å². The molecule has 1 aromatic heterocycles. The number of allylic oxidation sites excluding steroid dienone is 1. The molecule has 1 aliphatic heterocycles. The first-order valence-electron chi connectivity index (χ1n) is 7.28. The van der Waals surface area contributed by atoms with Gasteiger partial charge in [-0.1, -0.05) is 6.92 Å². The van der Waals surface area contributed by atoms with Gasteiger partial charge in [0, 0.05) is 19.0 Å². The minimum atomic E-state index is -5.07. The van der Waals surface area contributed by atoms with Crippen LogP contribution in [0.2, 0.25) is 0 Å². The minimum absolute atomic E-state index is 0.224. The summed E-state index contributed by atoms with van der Waals surface area (Å²) in [5.74, 6) is -4.53. The molecule has 5 nitrogen and oxygen atoms in total. The number of anilines is 1. The second-order valence-electron chi connectivity index (χ2n) is 5.46. The molecule has 0 saturated heterocycles. The molecule has 0 fully saturated rings. The number of hydrogen-bond acceptors (Lipinski definition) is 5. The van der Waals surface area contributed by atoms with Crippen molar-refractivity contribution in [3.63, 3.8) is 0 Å². The number of fused-ring (bicyclic) bond motifs is 1. The van der Waals surface area contributed by atoms with E-state index in [1.807, 2.05) is 0 Å². The SMILES string of the molecule is CCOC(=O)C1=C(C(F)(F)F)N(C)c2cc(C(F)(F)F)oc(=O)c2C1C. The van der Waals surface area contributed by atoms with Crippen molar-refractivity contribution >= 4 is 11.7 Å². The summed E-state index contributed by atoms with van der Waals surface area (Å²) in [6.07, 6.45) is -10.1. The van der Waals surface area contributed by atoms with Gasteiger partial charge in [0.05, 0.1) is 23.4 Å². The van der Waals surface area contributed by atoms with Gasteiger partial charge in [-0.3, -0.25) is 0 Å². The van der Waals surface area contributed by atoms with Crippen LogP contribution in [0, 0.1) is 0 Å². The van der Waals surface area contributed by atoms with Crippen LogP contribution in [-0.2, 0) is 15.7 Å². The third-order valence-corrected chi connectivity index (χ3v) is 3.83. The van der Waals surface area contributed by atoms with Crippen molar-refractivity contribution in [1.29, 1.82) is 0 Å². The molecule has 1 unspecified atom stereocenters. The van der Waals surface area contributed by atoms with Gasteiger partial charge in [0.15, 0.2) is 0 Å². The van der Waals surface area contributed by atoms with Crippen LogP contribution in [0.3, 0.4) is 0 Å². The number of halogens is 6. The second kappa shape index (κ2) is 6.36. The Balaban J connectivity index is 2.81. The van der Waals surface area contributed by atoms with Crippen molar-refractivity contribution in [3.05, 3.63) is 39.1 Å². The van der Waals surface area contributed by atoms with Crippen LogP contribution in [0.5, 0.6) is 0 Å². The fourth-order valence-corrected chi connectivity index (χ4v) is 2.78. The number of esters is 1. The summed E-state index contributed by atoms with van der Waals surface area (Å²) in [7, 11) is 0.812. The van der Waals surface area contributed by atoms with Crippen LogP contribution in [0.15, 0.2) is 26.5 Å². The van der Waals surface area contributed by atoms with Gasteiger partial charge in [-0.05, 0) is 6.92 Å². The molecule has 1 atom stereocenters. The Labute approximate surface area is 142 Å². The van der Waals surface area contributed by atoms with Gasteiger partial charge in [0.25, 0.3) is 0 Å². The Kier molecular flexibility index (Phi) is 4.86. The zero-order chi connectivity index (χ0) is 20.0. The standard InChI is InChI=1S/C15H13F6NO4/c1-4-25-12(23)10-6(2)9-7(22(3)11(10)15(19,20)21)5-8(14(16,17)18)26-13(9)24/h5-6H,4H2,1-3H3. The number of alkyl halides is 6. The smallest absolute Gasteiger partial charge is 0.449 e. The van der Waals surface area contributed by atoms with E-state index >= 15 is 0 Å². The van der Waals surface area contributed by atoms with E-state index in [0.29, 0.717) is 11.0 Å². The van der Waals surface area contributed by atoms with Crippen molar-refractivity contribution in [2.75, 3.05) is 18.6 Å². The summed E-state index contributed by atoms with van der Waals surface area (Å²) in [6, 6.07) is 0.306. The predicted octanol–water partition coefficient (Wildman–Crippen LogP) is 3.59. The second-order valence-corrected chi connectivity index (χ2v) is 5.46. The van der Waals surface area contributed by atoms with E-state index in [1.165, 1.54) is 6.92 Å². The van der Waals surface area contributed by atoms with Crippen LogP contribution < -0.4 is 10.5 Å². The van der Waals surface area contributed by atoms with Gasteiger partial charge in [-0.15, -0.1) is 0 Å². The largest absolute Gasteiger partial charge is 0.463 e. The molecule has 1 aliphatic rings. The number of nitrogens with zero attached hydrogens (tertiary/aromatic N) is 1. The van der Waals surface area contributed by atoms with Gasteiger partial charge < -0.3 is 14.1 Å². The molecule has 0 bridgehead atoms. The lowest BCUT2D eigenvalue weighted by Crippen LogP contribution is -2.39. The van der Waals surface area contributed by atoms with Crippen molar-refractivity contribution in [1.82, 2.24) is 0 Å². The van der Waals surface area contributed by atoms with Gasteiger partial charge in [-0.25, -0.2) is 9.59 Å². The van der Waals surface area contributed by atoms with E-state index < -0.39 is 58.1 Å². The summed E-state index contributed by atoms with van der Waals surface area (Å²) < 4.78 is 87.9. The molecule has 0 saturated carbocycles. The number of ether oxygens (including phenoxy) is 1. The van der Waals surface area contributed by atoms with Crippen LogP contribution >= 0.6 is 0 Å². The summed E-state index contributed by atoms with van der Waals surface area (Å²) in [4.78, 5) is 24.4. The first-order chi connectivity index (χ1) is 11.8. The zero-order valence-corrected chi connectivity index (χ0v) is 13.7. The van der Waals surface area contributed by atoms with Crippen LogP contribution in [0.4, 0.5) is 32.0 Å². The highest BCUT2D eigenvalue weighted by Gasteiger charge is 2.48. The maximum absolute atomic E-state index is 13.5. The quantitative estimate of drug-likeness (QED) is 0.575. The number of carbonyl (C=O) groups excluding carboxylic acids is 1. The van der Waals surface area contributed by atoms with E-state index in [1.54, 1.807) is 0 Å².